The molecule has 8 heteroatoms. The number of aliphatic hydroxyl groups is 1. The summed E-state index contributed by atoms with van der Waals surface area (Å²) in [6.07, 6.45) is 1.79. The van der Waals surface area contributed by atoms with E-state index >= 15 is 0 Å². The maximum absolute atomic E-state index is 13.9. The Morgan fingerprint density at radius 1 is 1.02 bits per heavy atom. The van der Waals surface area contributed by atoms with E-state index in [1.165, 1.54) is 18.1 Å². The summed E-state index contributed by atoms with van der Waals surface area (Å²) in [6.45, 7) is 16.9. The van der Waals surface area contributed by atoms with Crippen molar-refractivity contribution in [3.63, 3.8) is 0 Å². The van der Waals surface area contributed by atoms with Gasteiger partial charge in [0.2, 0.25) is 0 Å². The van der Waals surface area contributed by atoms with Gasteiger partial charge in [-0.05, 0) is 62.9 Å². The third kappa shape index (κ3) is 4.95. The fraction of sp³-hybridized carbons (Fsp3) is 0.714. The van der Waals surface area contributed by atoms with Crippen LogP contribution < -0.4 is 0 Å². The topological polar surface area (TPSA) is 91.3 Å². The van der Waals surface area contributed by atoms with Crippen molar-refractivity contribution < 1.29 is 33.3 Å². The normalized spacial score (nSPS) is 36.8. The van der Waals surface area contributed by atoms with Crippen LogP contribution in [0.2, 0.25) is 18.1 Å². The minimum atomic E-state index is -2.08. The lowest BCUT2D eigenvalue weighted by Gasteiger charge is -2.68. The van der Waals surface area contributed by atoms with Gasteiger partial charge in [0.1, 0.15) is 17.8 Å². The van der Waals surface area contributed by atoms with Crippen LogP contribution in [0, 0.1) is 16.7 Å². The van der Waals surface area contributed by atoms with Crippen molar-refractivity contribution in [2.75, 3.05) is 6.61 Å². The fourth-order valence-electron chi connectivity index (χ4n) is 9.23. The Balaban J connectivity index is 1.74. The first-order chi connectivity index (χ1) is 20.2. The Morgan fingerprint density at radius 2 is 1.67 bits per heavy atom. The van der Waals surface area contributed by atoms with Gasteiger partial charge in [0.05, 0.1) is 24.2 Å². The molecule has 0 aromatic heterocycles. The molecular weight excluding hydrogens is 560 g/mol. The lowest BCUT2D eigenvalue weighted by molar-refractivity contribution is -0.349. The highest BCUT2D eigenvalue weighted by molar-refractivity contribution is 6.73. The summed E-state index contributed by atoms with van der Waals surface area (Å²) in [5.41, 5.74) is -0.702. The summed E-state index contributed by atoms with van der Waals surface area (Å²) in [5.74, 6) is -1.41. The second kappa shape index (κ2) is 11.4. The van der Waals surface area contributed by atoms with E-state index < -0.39 is 60.4 Å². The predicted molar refractivity (Wildman–Crippen MR) is 168 cm³/mol. The summed E-state index contributed by atoms with van der Waals surface area (Å²) in [6, 6.07) is 12.0. The highest BCUT2D eigenvalue weighted by atomic mass is 28.4. The summed E-state index contributed by atoms with van der Waals surface area (Å²) in [4.78, 5) is 26.8. The number of ether oxygens (including phenoxy) is 3. The largest absolute Gasteiger partial charge is 0.455 e. The predicted octanol–water partition coefficient (Wildman–Crippen LogP) is 6.99. The lowest BCUT2D eigenvalue weighted by Crippen LogP contribution is -2.79. The van der Waals surface area contributed by atoms with E-state index in [-0.39, 0.29) is 12.7 Å². The quantitative estimate of drug-likeness (QED) is 0.192. The second-order valence-corrected chi connectivity index (χ2v) is 19.1. The smallest absolute Gasteiger partial charge is 0.338 e. The molecule has 1 unspecified atom stereocenters. The zero-order chi connectivity index (χ0) is 31.4. The van der Waals surface area contributed by atoms with Crippen LogP contribution in [0.25, 0.3) is 0 Å². The summed E-state index contributed by atoms with van der Waals surface area (Å²) in [7, 11) is -2.08. The Morgan fingerprint density at radius 3 is 2.23 bits per heavy atom. The summed E-state index contributed by atoms with van der Waals surface area (Å²) in [5, 5.41) is 13.1. The zero-order valence-corrected chi connectivity index (χ0v) is 28.5. The van der Waals surface area contributed by atoms with Gasteiger partial charge in [0.15, 0.2) is 13.9 Å². The summed E-state index contributed by atoms with van der Waals surface area (Å²) >= 11 is 0. The molecule has 2 bridgehead atoms. The molecule has 0 radical (unpaired) electrons. The Hall–Kier alpha value is -2.00. The molecule has 7 atom stereocenters. The molecule has 0 amide bonds. The van der Waals surface area contributed by atoms with E-state index in [9.17, 15) is 14.7 Å². The molecule has 3 fully saturated rings. The Kier molecular flexibility index (Phi) is 8.60. The molecule has 1 heterocycles. The number of hydrogen-bond donors (Lipinski definition) is 1. The minimum absolute atomic E-state index is 0.192. The van der Waals surface area contributed by atoms with Crippen molar-refractivity contribution in [2.45, 2.75) is 135 Å². The molecular formula is C35H52O7Si. The van der Waals surface area contributed by atoms with Gasteiger partial charge in [-0.25, -0.2) is 4.79 Å². The highest BCUT2D eigenvalue weighted by Crippen LogP contribution is 2.65. The summed E-state index contributed by atoms with van der Waals surface area (Å²) < 4.78 is 26.5. The molecule has 1 aromatic rings. The third-order valence-corrected chi connectivity index (χ3v) is 16.9. The van der Waals surface area contributed by atoms with Gasteiger partial charge >= 0.3 is 11.9 Å². The molecule has 1 N–H and O–H groups in total. The lowest BCUT2D eigenvalue weighted by atomic mass is 9.45. The van der Waals surface area contributed by atoms with E-state index in [0.29, 0.717) is 18.4 Å². The van der Waals surface area contributed by atoms with Crippen molar-refractivity contribution in [3.05, 3.63) is 47.0 Å². The first kappa shape index (κ1) is 32.4. The van der Waals surface area contributed by atoms with Crippen LogP contribution in [0.4, 0.5) is 0 Å². The molecule has 0 spiro atoms. The SMILES string of the molecule is CC[Si](CC)(CC)O[C@H]1C[C@H]2OC[C@@]2(OC(C)=O)C2[C@H](OC(=O)c3ccccc3)[C@]3(O)CCC(C)=C(CC[C@@]21C)C3(C)C. The van der Waals surface area contributed by atoms with Crippen LogP contribution in [0.5, 0.6) is 0 Å². The van der Waals surface area contributed by atoms with Crippen LogP contribution in [0.3, 0.4) is 0 Å². The Bertz CT molecular complexity index is 1250. The van der Waals surface area contributed by atoms with Crippen molar-refractivity contribution in [3.8, 4) is 0 Å². The van der Waals surface area contributed by atoms with Crippen LogP contribution in [-0.2, 0) is 23.4 Å². The van der Waals surface area contributed by atoms with Gasteiger partial charge in [0, 0.05) is 24.2 Å². The minimum Gasteiger partial charge on any atom is -0.455 e. The van der Waals surface area contributed by atoms with Crippen LogP contribution in [0.1, 0.15) is 97.9 Å². The van der Waals surface area contributed by atoms with Crippen LogP contribution in [0.15, 0.2) is 41.5 Å². The molecule has 5 rings (SSSR count). The van der Waals surface area contributed by atoms with Crippen molar-refractivity contribution >= 4 is 20.3 Å². The molecule has 1 saturated heterocycles. The van der Waals surface area contributed by atoms with Gasteiger partial charge < -0.3 is 23.7 Å². The monoisotopic (exact) mass is 612 g/mol. The van der Waals surface area contributed by atoms with E-state index in [1.54, 1.807) is 12.1 Å². The molecule has 1 aromatic carbocycles. The molecule has 238 valence electrons. The first-order valence-electron chi connectivity index (χ1n) is 16.4. The number of carbonyl (C=O) groups excluding carboxylic acids is 2. The van der Waals surface area contributed by atoms with Gasteiger partial charge in [-0.15, -0.1) is 0 Å². The van der Waals surface area contributed by atoms with Crippen molar-refractivity contribution in [1.82, 2.24) is 0 Å². The number of rotatable bonds is 8. The van der Waals surface area contributed by atoms with Gasteiger partial charge in [0.25, 0.3) is 0 Å². The maximum atomic E-state index is 13.9. The Labute approximate surface area is 258 Å². The number of hydrogen-bond acceptors (Lipinski definition) is 7. The molecule has 7 nitrogen and oxygen atoms in total. The number of benzene rings is 1. The highest BCUT2D eigenvalue weighted by Gasteiger charge is 2.75. The number of allylic oxidation sites excluding steroid dienone is 1. The number of carbonyl (C=O) groups is 2. The maximum Gasteiger partial charge on any atom is 0.338 e. The molecule has 3 aliphatic carbocycles. The molecule has 2 saturated carbocycles. The van der Waals surface area contributed by atoms with Crippen LogP contribution in [-0.4, -0.2) is 61.5 Å². The average Bonchev–Trinajstić information content (AvgIpc) is 2.97. The van der Waals surface area contributed by atoms with E-state index in [4.69, 9.17) is 18.6 Å². The molecule has 4 aliphatic rings. The number of fused-ring (bicyclic) bond motifs is 5. The zero-order valence-electron chi connectivity index (χ0n) is 27.5. The first-order valence-corrected chi connectivity index (χ1v) is 18.9. The molecule has 43 heavy (non-hydrogen) atoms. The van der Waals surface area contributed by atoms with E-state index in [0.717, 1.165) is 37.4 Å². The fourth-order valence-corrected chi connectivity index (χ4v) is 12.2. The van der Waals surface area contributed by atoms with Crippen molar-refractivity contribution in [1.29, 1.82) is 0 Å². The van der Waals surface area contributed by atoms with Gasteiger partial charge in [-0.3, -0.25) is 4.79 Å². The van der Waals surface area contributed by atoms with E-state index in [1.807, 2.05) is 18.2 Å². The van der Waals surface area contributed by atoms with Gasteiger partial charge in [-0.1, -0.05) is 70.9 Å². The third-order valence-electron chi connectivity index (χ3n) is 12.3. The van der Waals surface area contributed by atoms with Crippen LogP contribution >= 0.6 is 0 Å². The van der Waals surface area contributed by atoms with E-state index in [2.05, 4.69) is 48.5 Å². The average molecular weight is 613 g/mol. The van der Waals surface area contributed by atoms with Gasteiger partial charge in [-0.2, -0.15) is 0 Å². The standard InChI is InChI=1S/C35H52O7Si/c1-9-43(10-2,11-3)42-27-21-28-34(22-39-28,41-24(5)36)29-30(40-31(37)25-15-13-12-14-16-25)35(38)20-17-23(4)26(32(35,6)7)18-19-33(27,29)8/h12-16,27-30,38H,9-11,17-22H2,1-8H3/t27-,28+,29?,30-,33+,34-,35+/m0/s1. The number of esters is 2. The second-order valence-electron chi connectivity index (χ2n) is 14.4. The molecule has 1 aliphatic heterocycles. The van der Waals surface area contributed by atoms with Crippen molar-refractivity contribution in [2.24, 2.45) is 16.7 Å².